The van der Waals surface area contributed by atoms with E-state index in [2.05, 4.69) is 11.1 Å². The average Bonchev–Trinajstić information content (AvgIpc) is 3.17. The number of rotatable bonds is 4. The van der Waals surface area contributed by atoms with Crippen molar-refractivity contribution in [1.82, 2.24) is 14.5 Å². The number of aromatic nitrogens is 2. The van der Waals surface area contributed by atoms with Gasteiger partial charge in [0.05, 0.1) is 18.1 Å². The van der Waals surface area contributed by atoms with Gasteiger partial charge in [-0.3, -0.25) is 9.36 Å². The number of ether oxygens (including phenoxy) is 1. The van der Waals surface area contributed by atoms with E-state index in [1.807, 2.05) is 70.1 Å². The Morgan fingerprint density at radius 1 is 1.03 bits per heavy atom. The van der Waals surface area contributed by atoms with Gasteiger partial charge in [-0.2, -0.15) is 0 Å². The summed E-state index contributed by atoms with van der Waals surface area (Å²) in [5.41, 5.74) is 2.69. The van der Waals surface area contributed by atoms with E-state index in [1.165, 1.54) is 0 Å². The third-order valence-electron chi connectivity index (χ3n) is 6.26. The fraction of sp³-hybridized carbons (Fsp3) is 0.231. The zero-order valence-corrected chi connectivity index (χ0v) is 18.0. The summed E-state index contributed by atoms with van der Waals surface area (Å²) in [6.07, 6.45) is 5.03. The number of benzene rings is 3. The SMILES string of the molecule is COc1ccc2cc(C=CC(=O)N3CCC(n4c(=O)[nH]c5ccccc54)CC3)ccc2c1. The van der Waals surface area contributed by atoms with E-state index in [9.17, 15) is 9.59 Å². The van der Waals surface area contributed by atoms with Crippen molar-refractivity contribution in [2.24, 2.45) is 0 Å². The molecule has 6 nitrogen and oxygen atoms in total. The molecule has 1 N–H and O–H groups in total. The Hall–Kier alpha value is -3.80. The smallest absolute Gasteiger partial charge is 0.326 e. The van der Waals surface area contributed by atoms with Crippen LogP contribution in [0.1, 0.15) is 24.4 Å². The summed E-state index contributed by atoms with van der Waals surface area (Å²) in [5, 5.41) is 2.20. The maximum atomic E-state index is 12.7. The molecule has 1 amide bonds. The number of hydrogen-bond donors (Lipinski definition) is 1. The van der Waals surface area contributed by atoms with Crippen LogP contribution in [0.4, 0.5) is 0 Å². The fourth-order valence-electron chi connectivity index (χ4n) is 4.53. The third-order valence-corrected chi connectivity index (χ3v) is 6.26. The van der Waals surface area contributed by atoms with E-state index in [0.29, 0.717) is 13.1 Å². The number of nitrogens with zero attached hydrogens (tertiary/aromatic N) is 2. The predicted molar refractivity (Wildman–Crippen MR) is 127 cm³/mol. The molecule has 0 saturated carbocycles. The van der Waals surface area contributed by atoms with Gasteiger partial charge in [0.15, 0.2) is 0 Å². The molecule has 0 radical (unpaired) electrons. The fourth-order valence-corrected chi connectivity index (χ4v) is 4.53. The van der Waals surface area contributed by atoms with Crippen LogP contribution in [0.25, 0.3) is 27.9 Å². The Balaban J connectivity index is 1.25. The van der Waals surface area contributed by atoms with Gasteiger partial charge in [-0.15, -0.1) is 0 Å². The molecule has 1 saturated heterocycles. The zero-order chi connectivity index (χ0) is 22.1. The number of aromatic amines is 1. The average molecular weight is 428 g/mol. The molecule has 0 atom stereocenters. The number of carbonyl (C=O) groups excluding carboxylic acids is 1. The summed E-state index contributed by atoms with van der Waals surface area (Å²) in [7, 11) is 1.66. The van der Waals surface area contributed by atoms with Gasteiger partial charge < -0.3 is 14.6 Å². The van der Waals surface area contributed by atoms with Gasteiger partial charge >= 0.3 is 5.69 Å². The van der Waals surface area contributed by atoms with Crippen LogP contribution in [0, 0.1) is 0 Å². The Morgan fingerprint density at radius 2 is 1.78 bits per heavy atom. The van der Waals surface area contributed by atoms with Crippen LogP contribution in [0.2, 0.25) is 0 Å². The number of likely N-dealkylation sites (tertiary alicyclic amines) is 1. The molecular weight excluding hydrogens is 402 g/mol. The van der Waals surface area contributed by atoms with Crippen molar-refractivity contribution in [3.8, 4) is 5.75 Å². The summed E-state index contributed by atoms with van der Waals surface area (Å²) in [6, 6.07) is 19.9. The van der Waals surface area contributed by atoms with Gasteiger partial charge in [-0.1, -0.05) is 30.3 Å². The molecule has 162 valence electrons. The van der Waals surface area contributed by atoms with Gasteiger partial charge in [0.1, 0.15) is 5.75 Å². The Labute approximate surface area is 185 Å². The minimum atomic E-state index is -0.0789. The topological polar surface area (TPSA) is 67.3 Å². The highest BCUT2D eigenvalue weighted by molar-refractivity contribution is 5.93. The summed E-state index contributed by atoms with van der Waals surface area (Å²) in [5.74, 6) is 0.832. The Kier molecular flexibility index (Phi) is 5.27. The van der Waals surface area contributed by atoms with Gasteiger partial charge in [0, 0.05) is 25.2 Å². The largest absolute Gasteiger partial charge is 0.497 e. The number of amides is 1. The van der Waals surface area contributed by atoms with Crippen molar-refractivity contribution >= 4 is 33.8 Å². The van der Waals surface area contributed by atoms with Crippen LogP contribution in [0.3, 0.4) is 0 Å². The monoisotopic (exact) mass is 427 g/mol. The molecule has 0 bridgehead atoms. The molecule has 1 aromatic heterocycles. The molecule has 6 heteroatoms. The lowest BCUT2D eigenvalue weighted by Crippen LogP contribution is -2.39. The first-order valence-electron chi connectivity index (χ1n) is 10.9. The van der Waals surface area contributed by atoms with Crippen molar-refractivity contribution in [2.45, 2.75) is 18.9 Å². The molecule has 0 aliphatic carbocycles. The second kappa shape index (κ2) is 8.38. The summed E-state index contributed by atoms with van der Waals surface area (Å²) < 4.78 is 7.12. The molecule has 1 fully saturated rings. The molecule has 1 aliphatic heterocycles. The number of hydrogen-bond acceptors (Lipinski definition) is 3. The molecule has 5 rings (SSSR count). The Bertz CT molecular complexity index is 1370. The van der Waals surface area contributed by atoms with Crippen LogP contribution >= 0.6 is 0 Å². The quantitative estimate of drug-likeness (QED) is 0.492. The van der Waals surface area contributed by atoms with E-state index < -0.39 is 0 Å². The maximum Gasteiger partial charge on any atom is 0.326 e. The molecule has 1 aliphatic rings. The minimum absolute atomic E-state index is 0.00421. The van der Waals surface area contributed by atoms with Crippen LogP contribution in [0.15, 0.2) is 71.5 Å². The van der Waals surface area contributed by atoms with E-state index >= 15 is 0 Å². The molecular formula is C26H25N3O3. The molecule has 0 spiro atoms. The number of imidazole rings is 1. The van der Waals surface area contributed by atoms with Gasteiger partial charge in [0.25, 0.3) is 0 Å². The number of nitrogens with one attached hydrogen (secondary N) is 1. The third kappa shape index (κ3) is 3.80. The van der Waals surface area contributed by atoms with E-state index in [1.54, 1.807) is 13.2 Å². The molecule has 3 aromatic carbocycles. The minimum Gasteiger partial charge on any atom is -0.497 e. The lowest BCUT2D eigenvalue weighted by Gasteiger charge is -2.32. The van der Waals surface area contributed by atoms with Gasteiger partial charge in [-0.25, -0.2) is 4.79 Å². The predicted octanol–water partition coefficient (Wildman–Crippen LogP) is 4.37. The van der Waals surface area contributed by atoms with E-state index in [0.717, 1.165) is 46.0 Å². The van der Waals surface area contributed by atoms with Crippen LogP contribution in [-0.4, -0.2) is 40.6 Å². The van der Waals surface area contributed by atoms with E-state index in [4.69, 9.17) is 4.74 Å². The van der Waals surface area contributed by atoms with Crippen LogP contribution < -0.4 is 10.4 Å². The number of piperidine rings is 1. The Morgan fingerprint density at radius 3 is 2.59 bits per heavy atom. The molecule has 2 heterocycles. The summed E-state index contributed by atoms with van der Waals surface area (Å²) >= 11 is 0. The van der Waals surface area contributed by atoms with E-state index in [-0.39, 0.29) is 17.6 Å². The van der Waals surface area contributed by atoms with Crippen LogP contribution in [0.5, 0.6) is 5.75 Å². The summed E-state index contributed by atoms with van der Waals surface area (Å²) in [6.45, 7) is 1.27. The number of H-pyrrole nitrogens is 1. The highest BCUT2D eigenvalue weighted by atomic mass is 16.5. The standard InChI is InChI=1S/C26H25N3O3/c1-32-22-10-9-19-16-18(6-8-20(19)17-22)7-11-25(30)28-14-12-21(13-15-28)29-24-5-3-2-4-23(24)27-26(29)31/h2-11,16-17,21H,12-15H2,1H3,(H,27,31). The molecule has 4 aromatic rings. The zero-order valence-electron chi connectivity index (χ0n) is 18.0. The first-order chi connectivity index (χ1) is 15.6. The van der Waals surface area contributed by atoms with Crippen LogP contribution in [-0.2, 0) is 4.79 Å². The van der Waals surface area contributed by atoms with Gasteiger partial charge in [-0.05, 0) is 65.6 Å². The number of para-hydroxylation sites is 2. The van der Waals surface area contributed by atoms with Crippen molar-refractivity contribution in [2.75, 3.05) is 20.2 Å². The highest BCUT2D eigenvalue weighted by Gasteiger charge is 2.25. The maximum absolute atomic E-state index is 12.7. The highest BCUT2D eigenvalue weighted by Crippen LogP contribution is 2.25. The second-order valence-electron chi connectivity index (χ2n) is 8.18. The normalized spacial score (nSPS) is 15.1. The lowest BCUT2D eigenvalue weighted by atomic mass is 10.0. The van der Waals surface area contributed by atoms with Crippen molar-refractivity contribution in [1.29, 1.82) is 0 Å². The van der Waals surface area contributed by atoms with Crippen molar-refractivity contribution in [3.63, 3.8) is 0 Å². The molecule has 32 heavy (non-hydrogen) atoms. The summed E-state index contributed by atoms with van der Waals surface area (Å²) in [4.78, 5) is 30.0. The molecule has 0 unspecified atom stereocenters. The lowest BCUT2D eigenvalue weighted by molar-refractivity contribution is -0.127. The second-order valence-corrected chi connectivity index (χ2v) is 8.18. The van der Waals surface area contributed by atoms with Crippen molar-refractivity contribution < 1.29 is 9.53 Å². The van der Waals surface area contributed by atoms with Crippen molar-refractivity contribution in [3.05, 3.63) is 82.8 Å². The number of fused-ring (bicyclic) bond motifs is 2. The number of methoxy groups -OCH3 is 1. The number of carbonyl (C=O) groups is 1. The first-order valence-corrected chi connectivity index (χ1v) is 10.9. The first kappa shape index (κ1) is 20.1. The van der Waals surface area contributed by atoms with Gasteiger partial charge in [0.2, 0.25) is 5.91 Å².